The average molecular weight is 699 g/mol. The van der Waals surface area contributed by atoms with E-state index in [1.54, 1.807) is 22.6 Å². The molecule has 0 radical (unpaired) electrons. The number of halogens is 1. The Kier molecular flexibility index (Phi) is 8.11. The molecular weight excluding hydrogens is 676 g/mol. The molecule has 0 spiro atoms. The molecule has 2 saturated heterocycles. The van der Waals surface area contributed by atoms with Crippen LogP contribution in [0.3, 0.4) is 0 Å². The number of anilines is 1. The van der Waals surface area contributed by atoms with Gasteiger partial charge >= 0.3 is 13.5 Å². The molecule has 5 heterocycles. The van der Waals surface area contributed by atoms with Gasteiger partial charge in [0, 0.05) is 6.20 Å². The van der Waals surface area contributed by atoms with E-state index in [9.17, 15) is 39.5 Å². The molecule has 0 aliphatic carbocycles. The van der Waals surface area contributed by atoms with Crippen molar-refractivity contribution < 1.29 is 48.4 Å². The molecule has 1 unspecified atom stereocenters. The smallest absolute Gasteiger partial charge is 0.394 e. The number of nitrogen functional groups attached to an aromatic ring is 1. The molecule has 3 aromatic rings. The van der Waals surface area contributed by atoms with E-state index in [0.717, 1.165) is 10.8 Å². The van der Waals surface area contributed by atoms with Crippen molar-refractivity contribution in [3.8, 4) is 0 Å². The van der Waals surface area contributed by atoms with Gasteiger partial charge in [0.1, 0.15) is 48.5 Å². The van der Waals surface area contributed by atoms with Gasteiger partial charge in [0.05, 0.1) is 23.1 Å². The molecule has 2 aliphatic heterocycles. The number of aliphatic hydroxyl groups excluding tert-OH is 4. The zero-order valence-electron chi connectivity index (χ0n) is 20.0. The van der Waals surface area contributed by atoms with E-state index in [0.29, 0.717) is 0 Å². The lowest BCUT2D eigenvalue weighted by Crippen LogP contribution is -2.39. The van der Waals surface area contributed by atoms with E-state index < -0.39 is 81.4 Å². The number of aromatic amines is 1. The van der Waals surface area contributed by atoms with E-state index in [4.69, 9.17) is 24.3 Å². The second-order valence-electron chi connectivity index (χ2n) is 8.85. The van der Waals surface area contributed by atoms with Gasteiger partial charge in [0.2, 0.25) is 0 Å². The second-order valence-corrected chi connectivity index (χ2v) is 11.4. The zero-order valence-corrected chi connectivity index (χ0v) is 23.0. The minimum Gasteiger partial charge on any atom is -0.394 e. The molecule has 2 fully saturated rings. The highest BCUT2D eigenvalue weighted by Crippen LogP contribution is 2.49. The molecule has 21 heteroatoms. The molecule has 0 bridgehead atoms. The normalized spacial score (nSPS) is 32.0. The molecule has 19 nitrogen and oxygen atoms in total. The highest BCUT2D eigenvalue weighted by atomic mass is 127. The minimum atomic E-state index is -5.03. The van der Waals surface area contributed by atoms with Gasteiger partial charge in [-0.25, -0.2) is 24.3 Å². The van der Waals surface area contributed by atoms with Crippen molar-refractivity contribution in [2.24, 2.45) is 0 Å². The number of H-pyrrole nitrogens is 1. The van der Waals surface area contributed by atoms with Gasteiger partial charge in [0.15, 0.2) is 23.9 Å². The molecule has 8 N–H and O–H groups in total. The third-order valence-electron chi connectivity index (χ3n) is 6.34. The van der Waals surface area contributed by atoms with Crippen LogP contribution in [0.15, 0.2) is 28.4 Å². The molecule has 0 amide bonds. The van der Waals surface area contributed by atoms with Gasteiger partial charge in [-0.1, -0.05) is 0 Å². The fraction of sp³-hybridized carbons (Fsp3) is 0.526. The molecule has 0 aromatic carbocycles. The standard InChI is InChI=1S/C19H23IN7O12P/c20-6-1-26(19(33)25-16(6)32)18-12(31)13(7(2-28)37-18)39-40(34,35)36-3-8-10(29)11(30)17(38-8)27-5-24-9-14(21)22-4-23-15(9)27/h1,4-5,7-8,10-13,17-18,28-31H,2-3H2,(H,34,35)(H2,21,22,23)(H,25,32,33)/t7-,8-,10-,11-,12-,13-,17-,18-/m1/s1. The number of nitrogens with zero attached hydrogens (tertiary/aromatic N) is 5. The van der Waals surface area contributed by atoms with Crippen molar-refractivity contribution in [3.05, 3.63) is 43.3 Å². The number of hydrogen-bond donors (Lipinski definition) is 7. The molecule has 2 aliphatic rings. The van der Waals surface area contributed by atoms with Crippen molar-refractivity contribution in [3.63, 3.8) is 0 Å². The number of fused-ring (bicyclic) bond motifs is 1. The number of phosphoric ester groups is 1. The van der Waals surface area contributed by atoms with Gasteiger partial charge in [-0.3, -0.25) is 28.0 Å². The summed E-state index contributed by atoms with van der Waals surface area (Å²) in [6.07, 6.45) is -8.38. The molecule has 9 atom stereocenters. The second kappa shape index (κ2) is 11.1. The Bertz CT molecular complexity index is 1570. The van der Waals surface area contributed by atoms with Crippen LogP contribution in [0, 0.1) is 3.57 Å². The Morgan fingerprint density at radius 3 is 2.50 bits per heavy atom. The first-order chi connectivity index (χ1) is 18.9. The third kappa shape index (κ3) is 5.32. The molecule has 40 heavy (non-hydrogen) atoms. The molecular formula is C19H23IN7O12P. The number of phosphoric acid groups is 1. The van der Waals surface area contributed by atoms with Crippen molar-refractivity contribution in [1.82, 2.24) is 29.1 Å². The van der Waals surface area contributed by atoms with Gasteiger partial charge in [-0.2, -0.15) is 0 Å². The fourth-order valence-corrected chi connectivity index (χ4v) is 5.78. The van der Waals surface area contributed by atoms with Gasteiger partial charge < -0.3 is 40.5 Å². The first-order valence-electron chi connectivity index (χ1n) is 11.5. The summed E-state index contributed by atoms with van der Waals surface area (Å²) >= 11 is 1.65. The quantitative estimate of drug-likeness (QED) is 0.0908. The predicted molar refractivity (Wildman–Crippen MR) is 137 cm³/mol. The van der Waals surface area contributed by atoms with E-state index >= 15 is 0 Å². The van der Waals surface area contributed by atoms with Crippen molar-refractivity contribution in [2.45, 2.75) is 49.1 Å². The Balaban J connectivity index is 1.27. The number of nitrogens with one attached hydrogen (secondary N) is 1. The SMILES string of the molecule is Nc1ncnc2c1ncn2[C@@H]1O[C@H](COP(=O)(O)O[C@H]2[C@@H](O)[C@H](n3cc(I)c(=O)[nH]c3=O)O[C@@H]2CO)[C@@H](O)[C@H]1O. The van der Waals surface area contributed by atoms with Gasteiger partial charge in [0.25, 0.3) is 5.56 Å². The topological polar surface area (TPSA) is 280 Å². The van der Waals surface area contributed by atoms with Crippen LogP contribution in [-0.4, -0.2) is 104 Å². The Morgan fingerprint density at radius 2 is 1.77 bits per heavy atom. The number of imidazole rings is 1. The van der Waals surface area contributed by atoms with Crippen LogP contribution in [0.2, 0.25) is 0 Å². The highest BCUT2D eigenvalue weighted by Gasteiger charge is 2.50. The Labute approximate surface area is 235 Å². The van der Waals surface area contributed by atoms with E-state index in [2.05, 4.69) is 15.0 Å². The average Bonchev–Trinajstić information content (AvgIpc) is 3.55. The fourth-order valence-electron chi connectivity index (χ4n) is 4.38. The summed E-state index contributed by atoms with van der Waals surface area (Å²) in [6, 6.07) is 0. The van der Waals surface area contributed by atoms with Crippen LogP contribution in [0.1, 0.15) is 12.5 Å². The number of ether oxygens (including phenoxy) is 2. The summed E-state index contributed by atoms with van der Waals surface area (Å²) in [6.45, 7) is -1.53. The van der Waals surface area contributed by atoms with Crippen LogP contribution in [0.25, 0.3) is 11.2 Å². The summed E-state index contributed by atoms with van der Waals surface area (Å²) in [5.74, 6) is 0.0803. The zero-order chi connectivity index (χ0) is 28.9. The largest absolute Gasteiger partial charge is 0.472 e. The van der Waals surface area contributed by atoms with E-state index in [-0.39, 0.29) is 20.6 Å². The number of nitrogens with two attached hydrogens (primary N) is 1. The predicted octanol–water partition coefficient (Wildman–Crippen LogP) is -3.06. The Morgan fingerprint density at radius 1 is 1.07 bits per heavy atom. The lowest BCUT2D eigenvalue weighted by molar-refractivity contribution is -0.0595. The minimum absolute atomic E-state index is 0.0803. The summed E-state index contributed by atoms with van der Waals surface area (Å²) < 4.78 is 36.1. The van der Waals surface area contributed by atoms with E-state index in [1.165, 1.54) is 17.2 Å². The highest BCUT2D eigenvalue weighted by molar-refractivity contribution is 14.1. The van der Waals surface area contributed by atoms with Crippen molar-refractivity contribution in [2.75, 3.05) is 18.9 Å². The maximum Gasteiger partial charge on any atom is 0.472 e. The lowest BCUT2D eigenvalue weighted by Gasteiger charge is -2.23. The maximum absolute atomic E-state index is 12.8. The number of rotatable bonds is 8. The van der Waals surface area contributed by atoms with Crippen LogP contribution in [0.5, 0.6) is 0 Å². The van der Waals surface area contributed by atoms with Gasteiger partial charge in [-0.15, -0.1) is 0 Å². The number of hydrogen-bond acceptors (Lipinski definition) is 15. The summed E-state index contributed by atoms with van der Waals surface area (Å²) in [5.41, 5.74) is 4.60. The van der Waals surface area contributed by atoms with Crippen LogP contribution in [0.4, 0.5) is 5.82 Å². The first-order valence-corrected chi connectivity index (χ1v) is 14.0. The lowest BCUT2D eigenvalue weighted by atomic mass is 10.1. The van der Waals surface area contributed by atoms with Crippen LogP contribution in [-0.2, 0) is 23.1 Å². The molecule has 3 aromatic heterocycles. The van der Waals surface area contributed by atoms with Crippen molar-refractivity contribution in [1.29, 1.82) is 0 Å². The maximum atomic E-state index is 12.8. The summed E-state index contributed by atoms with van der Waals surface area (Å²) in [5, 5.41) is 41.4. The van der Waals surface area contributed by atoms with Crippen molar-refractivity contribution >= 4 is 47.4 Å². The molecule has 0 saturated carbocycles. The summed E-state index contributed by atoms with van der Waals surface area (Å²) in [7, 11) is -5.03. The van der Waals surface area contributed by atoms with E-state index in [1.807, 2.05) is 4.98 Å². The molecule has 218 valence electrons. The van der Waals surface area contributed by atoms with Crippen LogP contribution < -0.4 is 17.0 Å². The first kappa shape index (κ1) is 29.1. The van der Waals surface area contributed by atoms with Crippen LogP contribution >= 0.6 is 30.4 Å². The number of aromatic nitrogens is 6. The van der Waals surface area contributed by atoms with Gasteiger partial charge in [-0.05, 0) is 22.6 Å². The number of aliphatic hydroxyl groups is 4. The third-order valence-corrected chi connectivity index (χ3v) is 8.10. The Hall–Kier alpha value is -2.37. The molecule has 5 rings (SSSR count). The summed E-state index contributed by atoms with van der Waals surface area (Å²) in [4.78, 5) is 48.2. The monoisotopic (exact) mass is 699 g/mol.